The van der Waals surface area contributed by atoms with Crippen molar-refractivity contribution in [2.45, 2.75) is 6.54 Å². The topological polar surface area (TPSA) is 30.7 Å². The molecule has 0 bridgehead atoms. The molecule has 2 aromatic heterocycles. The van der Waals surface area contributed by atoms with E-state index in [1.807, 2.05) is 36.4 Å². The van der Waals surface area contributed by atoms with Crippen LogP contribution in [0, 0.1) is 5.82 Å². The largest absolute Gasteiger partial charge is 0.319 e. The SMILES string of the molecule is Fc1ccc(Cn2c(-c3cccnc3Cl)nc3ccccc32)cc1. The lowest BCUT2D eigenvalue weighted by molar-refractivity contribution is 0.626. The van der Waals surface area contributed by atoms with Crippen molar-refractivity contribution in [3.63, 3.8) is 0 Å². The molecule has 0 unspecified atom stereocenters. The normalized spacial score (nSPS) is 11.1. The number of imidazole rings is 1. The van der Waals surface area contributed by atoms with Gasteiger partial charge >= 0.3 is 0 Å². The molecule has 0 aliphatic rings. The molecule has 5 heteroatoms. The highest BCUT2D eigenvalue weighted by molar-refractivity contribution is 6.32. The van der Waals surface area contributed by atoms with Crippen LogP contribution in [0.4, 0.5) is 4.39 Å². The molecule has 2 aromatic carbocycles. The van der Waals surface area contributed by atoms with Gasteiger partial charge in [-0.3, -0.25) is 0 Å². The summed E-state index contributed by atoms with van der Waals surface area (Å²) in [6.45, 7) is 0.571. The molecule has 24 heavy (non-hydrogen) atoms. The van der Waals surface area contributed by atoms with E-state index in [9.17, 15) is 4.39 Å². The van der Waals surface area contributed by atoms with Crippen molar-refractivity contribution in [1.29, 1.82) is 0 Å². The van der Waals surface area contributed by atoms with Crippen LogP contribution in [-0.4, -0.2) is 14.5 Å². The Labute approximate surface area is 143 Å². The molecule has 0 aliphatic carbocycles. The standard InChI is InChI=1S/C19H13ClFN3/c20-18-15(4-3-11-22-18)19-23-16-5-1-2-6-17(16)24(19)12-13-7-9-14(21)10-8-13/h1-11H,12H2. The van der Waals surface area contributed by atoms with Crippen molar-refractivity contribution < 1.29 is 4.39 Å². The van der Waals surface area contributed by atoms with Gasteiger partial charge in [0, 0.05) is 12.7 Å². The van der Waals surface area contributed by atoms with Crippen molar-refractivity contribution in [2.75, 3.05) is 0 Å². The molecular weight excluding hydrogens is 325 g/mol. The molecule has 4 aromatic rings. The van der Waals surface area contributed by atoms with E-state index in [1.54, 1.807) is 18.3 Å². The maximum Gasteiger partial charge on any atom is 0.144 e. The lowest BCUT2D eigenvalue weighted by Gasteiger charge is -2.10. The van der Waals surface area contributed by atoms with Crippen molar-refractivity contribution in [1.82, 2.24) is 14.5 Å². The summed E-state index contributed by atoms with van der Waals surface area (Å²) in [7, 11) is 0. The second-order valence-electron chi connectivity index (χ2n) is 5.48. The van der Waals surface area contributed by atoms with Crippen LogP contribution in [0.5, 0.6) is 0 Å². The fourth-order valence-electron chi connectivity index (χ4n) is 2.77. The fraction of sp³-hybridized carbons (Fsp3) is 0.0526. The summed E-state index contributed by atoms with van der Waals surface area (Å²) in [5.74, 6) is 0.503. The molecule has 0 spiro atoms. The number of pyridine rings is 1. The summed E-state index contributed by atoms with van der Waals surface area (Å²) < 4.78 is 15.2. The first kappa shape index (κ1) is 14.8. The maximum atomic E-state index is 13.2. The van der Waals surface area contributed by atoms with Crippen LogP contribution in [0.3, 0.4) is 0 Å². The van der Waals surface area contributed by atoms with E-state index in [4.69, 9.17) is 16.6 Å². The maximum absolute atomic E-state index is 13.2. The number of hydrogen-bond donors (Lipinski definition) is 0. The Hall–Kier alpha value is -2.72. The van der Waals surface area contributed by atoms with Gasteiger partial charge in [0.05, 0.1) is 16.6 Å². The van der Waals surface area contributed by atoms with Gasteiger partial charge in [0.1, 0.15) is 16.8 Å². The highest BCUT2D eigenvalue weighted by atomic mass is 35.5. The minimum Gasteiger partial charge on any atom is -0.319 e. The van der Waals surface area contributed by atoms with E-state index in [1.165, 1.54) is 12.1 Å². The predicted octanol–water partition coefficient (Wildman–Crippen LogP) is 4.94. The van der Waals surface area contributed by atoms with Crippen LogP contribution in [0.2, 0.25) is 5.15 Å². The molecule has 0 atom stereocenters. The van der Waals surface area contributed by atoms with Gasteiger partial charge < -0.3 is 4.57 Å². The number of fused-ring (bicyclic) bond motifs is 1. The van der Waals surface area contributed by atoms with Gasteiger partial charge in [-0.05, 0) is 42.0 Å². The van der Waals surface area contributed by atoms with E-state index in [2.05, 4.69) is 9.55 Å². The second-order valence-corrected chi connectivity index (χ2v) is 5.84. The molecule has 4 rings (SSSR count). The lowest BCUT2D eigenvalue weighted by atomic mass is 10.2. The quantitative estimate of drug-likeness (QED) is 0.496. The highest BCUT2D eigenvalue weighted by Crippen LogP contribution is 2.29. The van der Waals surface area contributed by atoms with E-state index in [-0.39, 0.29) is 5.82 Å². The molecule has 118 valence electrons. The number of nitrogens with zero attached hydrogens (tertiary/aromatic N) is 3. The third kappa shape index (κ3) is 2.65. The molecule has 0 N–H and O–H groups in total. The van der Waals surface area contributed by atoms with Gasteiger partial charge in [-0.1, -0.05) is 35.9 Å². The van der Waals surface area contributed by atoms with Gasteiger partial charge in [-0.25, -0.2) is 14.4 Å². The Kier molecular flexibility index (Phi) is 3.75. The second kappa shape index (κ2) is 6.06. The third-order valence-electron chi connectivity index (χ3n) is 3.91. The predicted molar refractivity (Wildman–Crippen MR) is 93.5 cm³/mol. The number of halogens is 2. The zero-order chi connectivity index (χ0) is 16.5. The zero-order valence-corrected chi connectivity index (χ0v) is 13.4. The molecule has 0 amide bonds. The van der Waals surface area contributed by atoms with Gasteiger partial charge in [-0.2, -0.15) is 0 Å². The van der Waals surface area contributed by atoms with Crippen LogP contribution in [0.1, 0.15) is 5.56 Å². The van der Waals surface area contributed by atoms with Gasteiger partial charge in [0.2, 0.25) is 0 Å². The first-order chi connectivity index (χ1) is 11.7. The molecule has 0 aliphatic heterocycles. The first-order valence-corrected chi connectivity index (χ1v) is 7.91. The van der Waals surface area contributed by atoms with Crippen molar-refractivity contribution >= 4 is 22.6 Å². The van der Waals surface area contributed by atoms with Gasteiger partial charge in [0.15, 0.2) is 0 Å². The highest BCUT2D eigenvalue weighted by Gasteiger charge is 2.15. The minimum absolute atomic E-state index is 0.246. The average molecular weight is 338 g/mol. The van der Waals surface area contributed by atoms with Crippen LogP contribution < -0.4 is 0 Å². The summed E-state index contributed by atoms with van der Waals surface area (Å²) in [6, 6.07) is 18.1. The molecule has 0 radical (unpaired) electrons. The third-order valence-corrected chi connectivity index (χ3v) is 4.21. The van der Waals surface area contributed by atoms with Crippen molar-refractivity contribution in [3.05, 3.63) is 83.4 Å². The van der Waals surface area contributed by atoms with E-state index in [0.717, 1.165) is 28.0 Å². The smallest absolute Gasteiger partial charge is 0.144 e. The summed E-state index contributed by atoms with van der Waals surface area (Å²) in [6.07, 6.45) is 1.65. The van der Waals surface area contributed by atoms with Crippen molar-refractivity contribution in [2.24, 2.45) is 0 Å². The Morgan fingerprint density at radius 3 is 2.54 bits per heavy atom. The first-order valence-electron chi connectivity index (χ1n) is 7.53. The van der Waals surface area contributed by atoms with Gasteiger partial charge in [0.25, 0.3) is 0 Å². The van der Waals surface area contributed by atoms with Crippen molar-refractivity contribution in [3.8, 4) is 11.4 Å². The summed E-state index contributed by atoms with van der Waals surface area (Å²) >= 11 is 6.27. The number of rotatable bonds is 3. The zero-order valence-electron chi connectivity index (χ0n) is 12.7. The van der Waals surface area contributed by atoms with Crippen LogP contribution in [0.25, 0.3) is 22.4 Å². The lowest BCUT2D eigenvalue weighted by Crippen LogP contribution is -2.03. The van der Waals surface area contributed by atoms with Crippen LogP contribution >= 0.6 is 11.6 Å². The Morgan fingerprint density at radius 2 is 1.75 bits per heavy atom. The number of para-hydroxylation sites is 2. The molecule has 3 nitrogen and oxygen atoms in total. The molecule has 0 fully saturated rings. The monoisotopic (exact) mass is 337 g/mol. The molecule has 2 heterocycles. The number of hydrogen-bond acceptors (Lipinski definition) is 2. The number of aromatic nitrogens is 3. The molecule has 0 saturated heterocycles. The van der Waals surface area contributed by atoms with Gasteiger partial charge in [-0.15, -0.1) is 0 Å². The molecule has 0 saturated carbocycles. The fourth-order valence-corrected chi connectivity index (χ4v) is 2.97. The number of benzene rings is 2. The van der Waals surface area contributed by atoms with E-state index < -0.39 is 0 Å². The Morgan fingerprint density at radius 1 is 0.958 bits per heavy atom. The minimum atomic E-state index is -0.246. The van der Waals surface area contributed by atoms with Crippen LogP contribution in [-0.2, 0) is 6.54 Å². The average Bonchev–Trinajstić information content (AvgIpc) is 2.96. The summed E-state index contributed by atoms with van der Waals surface area (Å²) in [4.78, 5) is 8.87. The Bertz CT molecular complexity index is 1010. The summed E-state index contributed by atoms with van der Waals surface area (Å²) in [5, 5.41) is 0.410. The van der Waals surface area contributed by atoms with E-state index in [0.29, 0.717) is 11.7 Å². The Balaban J connectivity index is 1.90. The van der Waals surface area contributed by atoms with Crippen LogP contribution in [0.15, 0.2) is 66.9 Å². The molecular formula is C19H13ClFN3. The van der Waals surface area contributed by atoms with E-state index >= 15 is 0 Å². The summed E-state index contributed by atoms with van der Waals surface area (Å²) in [5.41, 5.74) is 3.64.